The highest BCUT2D eigenvalue weighted by Gasteiger charge is 1.90. The number of rotatable bonds is 15. The summed E-state index contributed by atoms with van der Waals surface area (Å²) in [6.07, 6.45) is 23.6. The lowest BCUT2D eigenvalue weighted by Crippen LogP contribution is -1.80. The maximum atomic E-state index is 10.1. The predicted molar refractivity (Wildman–Crippen MR) is 85.5 cm³/mol. The van der Waals surface area contributed by atoms with E-state index in [1.807, 2.05) is 0 Å². The van der Waals surface area contributed by atoms with Gasteiger partial charge >= 0.3 is 0 Å². The summed E-state index contributed by atoms with van der Waals surface area (Å²) in [5.74, 6) is 0. The summed E-state index contributed by atoms with van der Waals surface area (Å²) < 4.78 is 0. The van der Waals surface area contributed by atoms with Crippen molar-refractivity contribution in [1.82, 2.24) is 0 Å². The van der Waals surface area contributed by atoms with Gasteiger partial charge in [0.25, 0.3) is 0 Å². The van der Waals surface area contributed by atoms with Gasteiger partial charge in [-0.15, -0.1) is 0 Å². The van der Waals surface area contributed by atoms with E-state index in [2.05, 4.69) is 19.1 Å². The molecule has 0 aromatic rings. The molecule has 0 amide bonds. The maximum absolute atomic E-state index is 10.1. The van der Waals surface area contributed by atoms with Crippen LogP contribution in [-0.4, -0.2) is 6.29 Å². The summed E-state index contributed by atoms with van der Waals surface area (Å²) in [5, 5.41) is 0. The number of aldehydes is 1. The van der Waals surface area contributed by atoms with E-state index in [9.17, 15) is 4.79 Å². The number of carbonyl (C=O) groups is 1. The Bertz CT molecular complexity index is 196. The zero-order valence-electron chi connectivity index (χ0n) is 13.0. The number of allylic oxidation sites excluding steroid dienone is 2. The molecule has 0 unspecified atom stereocenters. The van der Waals surface area contributed by atoms with Crippen LogP contribution < -0.4 is 0 Å². The van der Waals surface area contributed by atoms with Crippen LogP contribution in [0.1, 0.15) is 96.8 Å². The first-order valence-corrected chi connectivity index (χ1v) is 8.50. The molecule has 0 rings (SSSR count). The van der Waals surface area contributed by atoms with Gasteiger partial charge < -0.3 is 4.79 Å². The summed E-state index contributed by atoms with van der Waals surface area (Å²) >= 11 is 0. The summed E-state index contributed by atoms with van der Waals surface area (Å²) in [4.78, 5) is 10.1. The number of carbonyl (C=O) groups excluding carboxylic acids is 1. The molecule has 0 N–H and O–H groups in total. The van der Waals surface area contributed by atoms with E-state index in [-0.39, 0.29) is 0 Å². The molecule has 19 heavy (non-hydrogen) atoms. The van der Waals surface area contributed by atoms with Crippen LogP contribution in [0.5, 0.6) is 0 Å². The van der Waals surface area contributed by atoms with E-state index in [0.717, 1.165) is 19.1 Å². The Balaban J connectivity index is 3.02. The number of hydrogen-bond acceptors (Lipinski definition) is 1. The second-order valence-electron chi connectivity index (χ2n) is 5.54. The average molecular weight is 266 g/mol. The van der Waals surface area contributed by atoms with Gasteiger partial charge in [-0.2, -0.15) is 0 Å². The Morgan fingerprint density at radius 2 is 1.00 bits per heavy atom. The summed E-state index contributed by atoms with van der Waals surface area (Å²) in [6.45, 7) is 2.27. The lowest BCUT2D eigenvalue weighted by atomic mass is 10.1. The van der Waals surface area contributed by atoms with Crippen LogP contribution in [0.3, 0.4) is 0 Å². The van der Waals surface area contributed by atoms with E-state index in [0.29, 0.717) is 0 Å². The fourth-order valence-corrected chi connectivity index (χ4v) is 2.30. The second kappa shape index (κ2) is 17.4. The predicted octanol–water partition coefficient (Wildman–Crippen LogP) is 6.22. The highest BCUT2D eigenvalue weighted by Crippen LogP contribution is 2.10. The molecule has 0 aromatic heterocycles. The van der Waals surface area contributed by atoms with Crippen LogP contribution in [-0.2, 0) is 4.79 Å². The molecule has 0 saturated heterocycles. The van der Waals surface area contributed by atoms with Crippen LogP contribution in [0, 0.1) is 0 Å². The monoisotopic (exact) mass is 266 g/mol. The largest absolute Gasteiger partial charge is 0.303 e. The van der Waals surface area contributed by atoms with Crippen LogP contribution in [0.15, 0.2) is 12.2 Å². The first-order chi connectivity index (χ1) is 9.41. The van der Waals surface area contributed by atoms with E-state index in [1.54, 1.807) is 0 Å². The van der Waals surface area contributed by atoms with E-state index in [1.165, 1.54) is 77.0 Å². The van der Waals surface area contributed by atoms with Crippen LogP contribution >= 0.6 is 0 Å². The zero-order valence-corrected chi connectivity index (χ0v) is 13.0. The molecule has 0 fully saturated rings. The fraction of sp³-hybridized carbons (Fsp3) is 0.833. The standard InChI is InChI=1S/C18H34O/c1-2-3-4-5-6-7-8-9-10-11-12-13-14-15-16-17-18-19/h11-12,18H,2-10,13-17H2,1H3/b12-11+. The first-order valence-electron chi connectivity index (χ1n) is 8.50. The van der Waals surface area contributed by atoms with Crippen molar-refractivity contribution in [2.45, 2.75) is 96.8 Å². The van der Waals surface area contributed by atoms with Crippen molar-refractivity contribution in [3.05, 3.63) is 12.2 Å². The van der Waals surface area contributed by atoms with Gasteiger partial charge in [-0.05, 0) is 32.1 Å². The highest BCUT2D eigenvalue weighted by molar-refractivity contribution is 5.48. The number of unbranched alkanes of at least 4 members (excludes halogenated alkanes) is 12. The maximum Gasteiger partial charge on any atom is 0.119 e. The van der Waals surface area contributed by atoms with Gasteiger partial charge in [-0.25, -0.2) is 0 Å². The Hall–Kier alpha value is -0.590. The third-order valence-corrected chi connectivity index (χ3v) is 3.58. The van der Waals surface area contributed by atoms with E-state index >= 15 is 0 Å². The Morgan fingerprint density at radius 1 is 0.579 bits per heavy atom. The molecule has 1 nitrogen and oxygen atoms in total. The molecular weight excluding hydrogens is 232 g/mol. The van der Waals surface area contributed by atoms with Gasteiger partial charge in [0.1, 0.15) is 6.29 Å². The Morgan fingerprint density at radius 3 is 1.53 bits per heavy atom. The third kappa shape index (κ3) is 17.4. The molecule has 0 aromatic carbocycles. The average Bonchev–Trinajstić information content (AvgIpc) is 2.43. The van der Waals surface area contributed by atoms with Gasteiger partial charge in [0.15, 0.2) is 0 Å². The molecule has 0 radical (unpaired) electrons. The van der Waals surface area contributed by atoms with Gasteiger partial charge in [0.05, 0.1) is 0 Å². The van der Waals surface area contributed by atoms with Crippen LogP contribution in [0.25, 0.3) is 0 Å². The summed E-state index contributed by atoms with van der Waals surface area (Å²) in [7, 11) is 0. The highest BCUT2D eigenvalue weighted by atomic mass is 16.1. The Kier molecular flexibility index (Phi) is 16.9. The minimum absolute atomic E-state index is 0.738. The van der Waals surface area contributed by atoms with Crippen LogP contribution in [0.4, 0.5) is 0 Å². The normalized spacial score (nSPS) is 11.2. The first kappa shape index (κ1) is 18.4. The summed E-state index contributed by atoms with van der Waals surface area (Å²) in [5.41, 5.74) is 0. The molecule has 0 heterocycles. The molecule has 1 heteroatoms. The molecule has 0 saturated carbocycles. The van der Waals surface area contributed by atoms with Crippen molar-refractivity contribution in [3.63, 3.8) is 0 Å². The molecule has 112 valence electrons. The minimum atomic E-state index is 0.738. The number of hydrogen-bond donors (Lipinski definition) is 0. The Labute approximate surface area is 120 Å². The smallest absolute Gasteiger partial charge is 0.119 e. The fourth-order valence-electron chi connectivity index (χ4n) is 2.30. The van der Waals surface area contributed by atoms with Gasteiger partial charge in [0.2, 0.25) is 0 Å². The van der Waals surface area contributed by atoms with Crippen molar-refractivity contribution in [2.75, 3.05) is 0 Å². The van der Waals surface area contributed by atoms with Crippen molar-refractivity contribution in [2.24, 2.45) is 0 Å². The summed E-state index contributed by atoms with van der Waals surface area (Å²) in [6, 6.07) is 0. The second-order valence-corrected chi connectivity index (χ2v) is 5.54. The van der Waals surface area contributed by atoms with Crippen molar-refractivity contribution < 1.29 is 4.79 Å². The lowest BCUT2D eigenvalue weighted by Gasteiger charge is -1.99. The molecule has 0 spiro atoms. The van der Waals surface area contributed by atoms with Crippen molar-refractivity contribution >= 4 is 6.29 Å². The molecule has 0 atom stereocenters. The SMILES string of the molecule is CCCCCCCCCC/C=C/CCCCCC=O. The van der Waals surface area contributed by atoms with Gasteiger partial charge in [-0.1, -0.05) is 70.4 Å². The van der Waals surface area contributed by atoms with Crippen molar-refractivity contribution in [3.8, 4) is 0 Å². The molecule has 0 aliphatic rings. The van der Waals surface area contributed by atoms with Crippen molar-refractivity contribution in [1.29, 1.82) is 0 Å². The quantitative estimate of drug-likeness (QED) is 0.195. The molecule has 0 bridgehead atoms. The topological polar surface area (TPSA) is 17.1 Å². The van der Waals surface area contributed by atoms with Gasteiger partial charge in [-0.3, -0.25) is 0 Å². The van der Waals surface area contributed by atoms with Crippen LogP contribution in [0.2, 0.25) is 0 Å². The lowest BCUT2D eigenvalue weighted by molar-refractivity contribution is -0.107. The van der Waals surface area contributed by atoms with E-state index in [4.69, 9.17) is 0 Å². The molecular formula is C18H34O. The third-order valence-electron chi connectivity index (χ3n) is 3.58. The molecule has 0 aliphatic carbocycles. The van der Waals surface area contributed by atoms with E-state index < -0.39 is 0 Å². The minimum Gasteiger partial charge on any atom is -0.303 e. The zero-order chi connectivity index (χ0) is 14.0. The van der Waals surface area contributed by atoms with Gasteiger partial charge in [0, 0.05) is 6.42 Å². The molecule has 0 aliphatic heterocycles.